The molecule has 20 heavy (non-hydrogen) atoms. The van der Waals surface area contributed by atoms with E-state index < -0.39 is 17.8 Å². The Hall–Kier alpha value is -1.43. The third kappa shape index (κ3) is 4.92. The topological polar surface area (TPSA) is 58.2 Å². The molecule has 0 radical (unpaired) electrons. The molecule has 1 unspecified atom stereocenters. The summed E-state index contributed by atoms with van der Waals surface area (Å²) in [4.78, 5) is 23.6. The lowest BCUT2D eigenvalue weighted by Crippen LogP contribution is -2.45. The van der Waals surface area contributed by atoms with E-state index in [1.807, 2.05) is 13.8 Å². The molecule has 4 nitrogen and oxygen atoms in total. The highest BCUT2D eigenvalue weighted by Gasteiger charge is 2.17. The van der Waals surface area contributed by atoms with Gasteiger partial charge in [-0.25, -0.2) is 4.39 Å². The van der Waals surface area contributed by atoms with E-state index in [1.165, 1.54) is 12.1 Å². The summed E-state index contributed by atoms with van der Waals surface area (Å²) < 4.78 is 13.6. The minimum atomic E-state index is -0.673. The van der Waals surface area contributed by atoms with Crippen molar-refractivity contribution in [1.82, 2.24) is 10.6 Å². The molecule has 1 aromatic carbocycles. The summed E-state index contributed by atoms with van der Waals surface area (Å²) in [6.07, 6.45) is 0. The minimum absolute atomic E-state index is 0.175. The van der Waals surface area contributed by atoms with E-state index in [0.29, 0.717) is 12.5 Å². The fourth-order valence-electron chi connectivity index (χ4n) is 1.44. The number of benzene rings is 1. The normalized spacial score (nSPS) is 12.1. The second kappa shape index (κ2) is 7.38. The van der Waals surface area contributed by atoms with Crippen molar-refractivity contribution < 1.29 is 14.0 Å². The Labute approximate surface area is 126 Å². The maximum absolute atomic E-state index is 13.3. The molecule has 0 spiro atoms. The summed E-state index contributed by atoms with van der Waals surface area (Å²) in [6, 6.07) is 3.39. The van der Waals surface area contributed by atoms with Gasteiger partial charge >= 0.3 is 0 Å². The molecule has 1 aromatic rings. The number of amides is 2. The van der Waals surface area contributed by atoms with Crippen LogP contribution in [0.3, 0.4) is 0 Å². The van der Waals surface area contributed by atoms with E-state index in [2.05, 4.69) is 26.6 Å². The van der Waals surface area contributed by atoms with E-state index in [0.717, 1.165) is 6.07 Å². The van der Waals surface area contributed by atoms with Crippen LogP contribution in [0.2, 0.25) is 0 Å². The number of carbonyl (C=O) groups is 2. The molecule has 110 valence electrons. The zero-order valence-corrected chi connectivity index (χ0v) is 13.3. The molecule has 0 fully saturated rings. The van der Waals surface area contributed by atoms with Crippen LogP contribution in [0.5, 0.6) is 0 Å². The van der Waals surface area contributed by atoms with Crippen LogP contribution in [0.1, 0.15) is 31.1 Å². The molecule has 2 N–H and O–H groups in total. The third-order valence-corrected chi connectivity index (χ3v) is 3.25. The molecule has 0 saturated heterocycles. The number of halogens is 2. The number of nitrogens with one attached hydrogen (secondary N) is 2. The molecule has 1 rings (SSSR count). The quantitative estimate of drug-likeness (QED) is 0.861. The second-order valence-corrected chi connectivity index (χ2v) is 5.82. The van der Waals surface area contributed by atoms with Crippen LogP contribution < -0.4 is 10.6 Å². The van der Waals surface area contributed by atoms with Crippen LogP contribution in [-0.2, 0) is 4.79 Å². The van der Waals surface area contributed by atoms with Crippen molar-refractivity contribution in [3.8, 4) is 0 Å². The molecule has 0 heterocycles. The van der Waals surface area contributed by atoms with Gasteiger partial charge in [0, 0.05) is 12.1 Å². The Morgan fingerprint density at radius 2 is 1.95 bits per heavy atom. The highest BCUT2D eigenvalue weighted by molar-refractivity contribution is 9.10. The van der Waals surface area contributed by atoms with E-state index >= 15 is 0 Å². The van der Waals surface area contributed by atoms with E-state index in [9.17, 15) is 14.0 Å². The molecule has 0 bridgehead atoms. The van der Waals surface area contributed by atoms with Crippen molar-refractivity contribution in [3.05, 3.63) is 34.1 Å². The molecule has 1 atom stereocenters. The van der Waals surface area contributed by atoms with E-state index in [-0.39, 0.29) is 15.9 Å². The third-order valence-electron chi connectivity index (χ3n) is 2.61. The van der Waals surface area contributed by atoms with E-state index in [4.69, 9.17) is 0 Å². The standard InChI is InChI=1S/C14H18BrFN2O2/c1-8(2)7-17-13(19)9(3)18-14(20)10-4-5-11(15)12(16)6-10/h4-6,8-9H,7H2,1-3H3,(H,17,19)(H,18,20). The molecule has 0 aliphatic heterocycles. The largest absolute Gasteiger partial charge is 0.354 e. The van der Waals surface area contributed by atoms with Crippen LogP contribution in [0.25, 0.3) is 0 Å². The van der Waals surface area contributed by atoms with Gasteiger partial charge in [-0.05, 0) is 47.0 Å². The van der Waals surface area contributed by atoms with Gasteiger partial charge < -0.3 is 10.6 Å². The maximum atomic E-state index is 13.3. The van der Waals surface area contributed by atoms with Crippen molar-refractivity contribution in [1.29, 1.82) is 0 Å². The molecule has 0 saturated carbocycles. The fourth-order valence-corrected chi connectivity index (χ4v) is 1.69. The second-order valence-electron chi connectivity index (χ2n) is 4.96. The summed E-state index contributed by atoms with van der Waals surface area (Å²) >= 11 is 3.02. The van der Waals surface area contributed by atoms with Gasteiger partial charge in [0.05, 0.1) is 4.47 Å². The summed E-state index contributed by atoms with van der Waals surface area (Å²) in [5, 5.41) is 5.26. The van der Waals surface area contributed by atoms with Gasteiger partial charge in [0.1, 0.15) is 11.9 Å². The average molecular weight is 345 g/mol. The summed E-state index contributed by atoms with van der Waals surface area (Å²) in [5.41, 5.74) is 0.175. The molecule has 6 heteroatoms. The first-order valence-electron chi connectivity index (χ1n) is 6.35. The Kier molecular flexibility index (Phi) is 6.13. The van der Waals surface area contributed by atoms with Crippen molar-refractivity contribution >= 4 is 27.7 Å². The minimum Gasteiger partial charge on any atom is -0.354 e. The zero-order valence-electron chi connectivity index (χ0n) is 11.7. The highest BCUT2D eigenvalue weighted by atomic mass is 79.9. The lowest BCUT2D eigenvalue weighted by atomic mass is 10.2. The van der Waals surface area contributed by atoms with Crippen LogP contribution in [0.15, 0.2) is 22.7 Å². The first kappa shape index (κ1) is 16.6. The Morgan fingerprint density at radius 1 is 1.30 bits per heavy atom. The van der Waals surface area contributed by atoms with Crippen LogP contribution in [0, 0.1) is 11.7 Å². The Balaban J connectivity index is 2.60. The lowest BCUT2D eigenvalue weighted by molar-refractivity contribution is -0.122. The Bertz CT molecular complexity index is 506. The van der Waals surface area contributed by atoms with Crippen molar-refractivity contribution in [2.24, 2.45) is 5.92 Å². The smallest absolute Gasteiger partial charge is 0.252 e. The van der Waals surface area contributed by atoms with Crippen molar-refractivity contribution in [2.45, 2.75) is 26.8 Å². The summed E-state index contributed by atoms with van der Waals surface area (Å²) in [6.45, 7) is 6.09. The average Bonchev–Trinajstić information content (AvgIpc) is 2.38. The van der Waals surface area contributed by atoms with Crippen LogP contribution in [0.4, 0.5) is 4.39 Å². The van der Waals surface area contributed by atoms with Crippen LogP contribution in [-0.4, -0.2) is 24.4 Å². The molecule has 2 amide bonds. The molecule has 0 aliphatic rings. The summed E-state index contributed by atoms with van der Waals surface area (Å²) in [5.74, 6) is -0.926. The van der Waals surface area contributed by atoms with Gasteiger partial charge in [-0.3, -0.25) is 9.59 Å². The summed E-state index contributed by atoms with van der Waals surface area (Å²) in [7, 11) is 0. The van der Waals surface area contributed by atoms with Gasteiger partial charge in [0.25, 0.3) is 5.91 Å². The molecular weight excluding hydrogens is 327 g/mol. The SMILES string of the molecule is CC(C)CNC(=O)C(C)NC(=O)c1ccc(Br)c(F)c1. The van der Waals surface area contributed by atoms with Crippen LogP contribution >= 0.6 is 15.9 Å². The molecule has 0 aliphatic carbocycles. The predicted octanol–water partition coefficient (Wildman–Crippen LogP) is 2.48. The number of hydrogen-bond donors (Lipinski definition) is 2. The number of carbonyl (C=O) groups excluding carboxylic acids is 2. The zero-order chi connectivity index (χ0) is 15.3. The van der Waals surface area contributed by atoms with Gasteiger partial charge in [-0.15, -0.1) is 0 Å². The monoisotopic (exact) mass is 344 g/mol. The molecular formula is C14H18BrFN2O2. The van der Waals surface area contributed by atoms with Crippen molar-refractivity contribution in [2.75, 3.05) is 6.54 Å². The number of rotatable bonds is 5. The van der Waals surface area contributed by atoms with Gasteiger partial charge in [0.2, 0.25) is 5.91 Å². The fraction of sp³-hybridized carbons (Fsp3) is 0.429. The van der Waals surface area contributed by atoms with Gasteiger partial charge in [0.15, 0.2) is 0 Å². The maximum Gasteiger partial charge on any atom is 0.252 e. The highest BCUT2D eigenvalue weighted by Crippen LogP contribution is 2.16. The van der Waals surface area contributed by atoms with Crippen molar-refractivity contribution in [3.63, 3.8) is 0 Å². The number of hydrogen-bond acceptors (Lipinski definition) is 2. The first-order chi connectivity index (χ1) is 9.31. The lowest BCUT2D eigenvalue weighted by Gasteiger charge is -2.15. The first-order valence-corrected chi connectivity index (χ1v) is 7.14. The predicted molar refractivity (Wildman–Crippen MR) is 78.9 cm³/mol. The van der Waals surface area contributed by atoms with E-state index in [1.54, 1.807) is 6.92 Å². The van der Waals surface area contributed by atoms with Gasteiger partial charge in [-0.2, -0.15) is 0 Å². The van der Waals surface area contributed by atoms with Gasteiger partial charge in [-0.1, -0.05) is 13.8 Å². The Morgan fingerprint density at radius 3 is 2.50 bits per heavy atom. The molecule has 0 aromatic heterocycles.